The number of amides is 1. The van der Waals surface area contributed by atoms with E-state index in [-0.39, 0.29) is 29.5 Å². The maximum absolute atomic E-state index is 13.3. The molecule has 2 aromatic rings. The summed E-state index contributed by atoms with van der Waals surface area (Å²) < 4.78 is 12.9. The minimum atomic E-state index is -0.995. The Hall–Kier alpha value is -2.71. The number of carbonyl (C=O) groups is 2. The van der Waals surface area contributed by atoms with E-state index in [4.69, 9.17) is 5.11 Å². The standard InChI is InChI=1S/C25H27N3O4S/c29-14-18-12-27-24(13-26-18)28-25(31)22(10-15-1-5-19(30)9-15)17-4-8-23(33(32)20-6-7-20)21(11-17)16-2-3-16/h4,8,10-13,15-16,20,29H,1-3,5-7,9,14H2,(H,27,28,31)/b22-10+. The molecule has 3 aliphatic carbocycles. The highest BCUT2D eigenvalue weighted by atomic mass is 32.2. The first kappa shape index (κ1) is 22.1. The van der Waals surface area contributed by atoms with Crippen LogP contribution in [0, 0.1) is 5.92 Å². The van der Waals surface area contributed by atoms with E-state index in [0.29, 0.717) is 35.8 Å². The second-order valence-corrected chi connectivity index (χ2v) is 10.9. The van der Waals surface area contributed by atoms with E-state index in [1.165, 1.54) is 12.4 Å². The maximum atomic E-state index is 13.3. The molecule has 3 aliphatic rings. The van der Waals surface area contributed by atoms with E-state index in [1.54, 1.807) is 0 Å². The zero-order valence-corrected chi connectivity index (χ0v) is 19.1. The lowest BCUT2D eigenvalue weighted by atomic mass is 9.95. The highest BCUT2D eigenvalue weighted by molar-refractivity contribution is 7.86. The summed E-state index contributed by atoms with van der Waals surface area (Å²) in [6, 6.07) is 5.83. The van der Waals surface area contributed by atoms with Crippen LogP contribution >= 0.6 is 0 Å². The number of rotatable bonds is 8. The number of Topliss-reactive ketones (excluding diaryl/α,β-unsaturated/α-hetero) is 1. The second-order valence-electron chi connectivity index (χ2n) is 9.15. The molecule has 3 saturated carbocycles. The predicted molar refractivity (Wildman–Crippen MR) is 125 cm³/mol. The number of benzene rings is 1. The van der Waals surface area contributed by atoms with Gasteiger partial charge in [-0.3, -0.25) is 18.8 Å². The zero-order chi connectivity index (χ0) is 22.9. The van der Waals surface area contributed by atoms with Crippen LogP contribution in [-0.2, 0) is 27.0 Å². The Labute approximate surface area is 195 Å². The third-order valence-corrected chi connectivity index (χ3v) is 8.30. The highest BCUT2D eigenvalue weighted by Crippen LogP contribution is 2.45. The Kier molecular flexibility index (Phi) is 6.21. The van der Waals surface area contributed by atoms with Crippen LogP contribution in [0.3, 0.4) is 0 Å². The first-order chi connectivity index (χ1) is 16.0. The fraction of sp³-hybridized carbons (Fsp3) is 0.440. The smallest absolute Gasteiger partial charge is 0.257 e. The minimum Gasteiger partial charge on any atom is -0.390 e. The van der Waals surface area contributed by atoms with E-state index < -0.39 is 10.8 Å². The summed E-state index contributed by atoms with van der Waals surface area (Å²) in [5.41, 5.74) is 2.77. The third kappa shape index (κ3) is 5.12. The molecule has 5 rings (SSSR count). The van der Waals surface area contributed by atoms with Crippen molar-refractivity contribution < 1.29 is 18.9 Å². The number of nitrogens with zero attached hydrogens (tertiary/aromatic N) is 2. The van der Waals surface area contributed by atoms with Gasteiger partial charge in [-0.2, -0.15) is 0 Å². The van der Waals surface area contributed by atoms with Crippen molar-refractivity contribution in [1.82, 2.24) is 9.97 Å². The van der Waals surface area contributed by atoms with Crippen LogP contribution in [-0.4, -0.2) is 36.2 Å². The van der Waals surface area contributed by atoms with Crippen molar-refractivity contribution in [1.29, 1.82) is 0 Å². The van der Waals surface area contributed by atoms with Gasteiger partial charge in [0, 0.05) is 28.6 Å². The first-order valence-electron chi connectivity index (χ1n) is 11.5. The van der Waals surface area contributed by atoms with Gasteiger partial charge in [0.15, 0.2) is 5.82 Å². The summed E-state index contributed by atoms with van der Waals surface area (Å²) in [4.78, 5) is 34.3. The molecule has 1 amide bonds. The molecule has 0 radical (unpaired) electrons. The van der Waals surface area contributed by atoms with Crippen molar-refractivity contribution in [3.8, 4) is 0 Å². The lowest BCUT2D eigenvalue weighted by Crippen LogP contribution is -2.16. The average Bonchev–Trinajstić information content (AvgIpc) is 3.75. The molecule has 0 spiro atoms. The summed E-state index contributed by atoms with van der Waals surface area (Å²) in [6.07, 6.45) is 10.6. The topological polar surface area (TPSA) is 109 Å². The number of aliphatic hydroxyl groups excluding tert-OH is 1. The molecule has 1 aromatic heterocycles. The van der Waals surface area contributed by atoms with Crippen molar-refractivity contribution >= 4 is 33.9 Å². The molecule has 1 aromatic carbocycles. The van der Waals surface area contributed by atoms with Gasteiger partial charge in [-0.1, -0.05) is 12.1 Å². The number of allylic oxidation sites excluding steroid dienone is 1. The Morgan fingerprint density at radius 1 is 1.15 bits per heavy atom. The van der Waals surface area contributed by atoms with E-state index in [1.807, 2.05) is 24.3 Å². The molecule has 3 fully saturated rings. The minimum absolute atomic E-state index is 0.0192. The van der Waals surface area contributed by atoms with Crippen LogP contribution in [0.25, 0.3) is 5.57 Å². The molecule has 172 valence electrons. The number of hydrogen-bond donors (Lipinski definition) is 2. The van der Waals surface area contributed by atoms with Crippen molar-refractivity contribution in [2.24, 2.45) is 5.92 Å². The maximum Gasteiger partial charge on any atom is 0.257 e. The molecule has 0 aliphatic heterocycles. The van der Waals surface area contributed by atoms with E-state index in [2.05, 4.69) is 15.3 Å². The van der Waals surface area contributed by atoms with E-state index in [0.717, 1.165) is 48.1 Å². The summed E-state index contributed by atoms with van der Waals surface area (Å²) in [7, 11) is -0.995. The van der Waals surface area contributed by atoms with E-state index in [9.17, 15) is 13.8 Å². The lowest BCUT2D eigenvalue weighted by molar-refractivity contribution is -0.117. The largest absolute Gasteiger partial charge is 0.390 e. The van der Waals surface area contributed by atoms with E-state index >= 15 is 0 Å². The molecular formula is C25H27N3O4S. The molecule has 2 unspecified atom stereocenters. The molecule has 1 heterocycles. The predicted octanol–water partition coefficient (Wildman–Crippen LogP) is 3.51. The number of ketones is 1. The van der Waals surface area contributed by atoms with Gasteiger partial charge < -0.3 is 10.4 Å². The van der Waals surface area contributed by atoms with Gasteiger partial charge in [-0.15, -0.1) is 0 Å². The van der Waals surface area contributed by atoms with Crippen LogP contribution in [0.15, 0.2) is 41.6 Å². The Morgan fingerprint density at radius 3 is 2.58 bits per heavy atom. The fourth-order valence-electron chi connectivity index (χ4n) is 4.28. The number of aliphatic hydroxyl groups is 1. The normalized spacial score (nSPS) is 21.8. The van der Waals surface area contributed by atoms with Crippen molar-refractivity contribution in [3.05, 3.63) is 53.5 Å². The van der Waals surface area contributed by atoms with Gasteiger partial charge in [0.05, 0.1) is 35.5 Å². The average molecular weight is 466 g/mol. The quantitative estimate of drug-likeness (QED) is 0.578. The number of aromatic nitrogens is 2. The third-order valence-electron chi connectivity index (χ3n) is 6.42. The Morgan fingerprint density at radius 2 is 1.97 bits per heavy atom. The second kappa shape index (κ2) is 9.27. The molecule has 8 heteroatoms. The van der Waals surface area contributed by atoms with Gasteiger partial charge in [0.25, 0.3) is 5.91 Å². The van der Waals surface area contributed by atoms with Crippen molar-refractivity contribution in [2.45, 2.75) is 67.6 Å². The van der Waals surface area contributed by atoms with Gasteiger partial charge in [-0.05, 0) is 67.2 Å². The van der Waals surface area contributed by atoms with Crippen molar-refractivity contribution in [2.75, 3.05) is 5.32 Å². The summed E-state index contributed by atoms with van der Waals surface area (Å²) in [6.45, 7) is -0.222. The van der Waals surface area contributed by atoms with Gasteiger partial charge in [-0.25, -0.2) is 4.98 Å². The molecule has 2 atom stereocenters. The van der Waals surface area contributed by atoms with Crippen LogP contribution in [0.2, 0.25) is 0 Å². The fourth-order valence-corrected chi connectivity index (χ4v) is 5.87. The number of carbonyl (C=O) groups excluding carboxylic acids is 2. The molecule has 0 saturated heterocycles. The van der Waals surface area contributed by atoms with Gasteiger partial charge in [0.2, 0.25) is 0 Å². The van der Waals surface area contributed by atoms with Crippen molar-refractivity contribution in [3.63, 3.8) is 0 Å². The van der Waals surface area contributed by atoms with Gasteiger partial charge >= 0.3 is 0 Å². The monoisotopic (exact) mass is 465 g/mol. The SMILES string of the molecule is O=C1CCC(/C=C(/C(=O)Nc2cnc(CO)cn2)c2ccc(S(=O)C3CC3)c(C3CC3)c2)C1. The molecule has 7 nitrogen and oxygen atoms in total. The van der Waals surface area contributed by atoms with Crippen LogP contribution in [0.5, 0.6) is 0 Å². The Balaban J connectivity index is 1.47. The number of anilines is 1. The van der Waals surface area contributed by atoms with Crippen LogP contribution < -0.4 is 5.32 Å². The molecular weight excluding hydrogens is 438 g/mol. The van der Waals surface area contributed by atoms with Crippen LogP contribution in [0.4, 0.5) is 5.82 Å². The molecule has 2 N–H and O–H groups in total. The van der Waals surface area contributed by atoms with Crippen LogP contribution in [0.1, 0.15) is 67.7 Å². The number of nitrogens with one attached hydrogen (secondary N) is 1. The Bertz CT molecular complexity index is 1140. The highest BCUT2D eigenvalue weighted by Gasteiger charge is 2.35. The zero-order valence-electron chi connectivity index (χ0n) is 18.3. The molecule has 0 bridgehead atoms. The summed E-state index contributed by atoms with van der Waals surface area (Å²) in [5.74, 6) is 0.607. The molecule has 33 heavy (non-hydrogen) atoms. The van der Waals surface area contributed by atoms with Gasteiger partial charge in [0.1, 0.15) is 5.78 Å². The summed E-state index contributed by atoms with van der Waals surface area (Å²) >= 11 is 0. The lowest BCUT2D eigenvalue weighted by Gasteiger charge is -2.15. The first-order valence-corrected chi connectivity index (χ1v) is 12.7. The summed E-state index contributed by atoms with van der Waals surface area (Å²) in [5, 5.41) is 12.2. The number of hydrogen-bond acceptors (Lipinski definition) is 6.